The van der Waals surface area contributed by atoms with E-state index in [-0.39, 0.29) is 36.1 Å². The standard InChI is InChI=1S/C30H35Cl2N3O5S/c1-4-19-33-30(37)26(5-2)34(20-23-24(31)15-12-16-25(23)32)29(36)21-35(27-17-10-11-18-28(27)40-6-3)41(38,39)22-13-8-7-9-14-22/h7-18,26H,4-6,19-21H2,1-3H3,(H,33,37)/t26-/m1/s1. The molecule has 41 heavy (non-hydrogen) atoms. The number of benzene rings is 3. The van der Waals surface area contributed by atoms with Gasteiger partial charge in [-0.25, -0.2) is 8.42 Å². The lowest BCUT2D eigenvalue weighted by atomic mass is 10.1. The number of amides is 2. The minimum absolute atomic E-state index is 0.00697. The van der Waals surface area contributed by atoms with Crippen LogP contribution in [0.15, 0.2) is 77.7 Å². The molecule has 0 aromatic heterocycles. The minimum atomic E-state index is -4.23. The van der Waals surface area contributed by atoms with E-state index in [0.29, 0.717) is 34.3 Å². The van der Waals surface area contributed by atoms with Crippen molar-refractivity contribution in [3.05, 3.63) is 88.4 Å². The van der Waals surface area contributed by atoms with Crippen molar-refractivity contribution in [3.8, 4) is 5.75 Å². The molecule has 0 spiro atoms. The maximum Gasteiger partial charge on any atom is 0.264 e. The zero-order valence-corrected chi connectivity index (χ0v) is 25.7. The van der Waals surface area contributed by atoms with Crippen molar-refractivity contribution in [2.24, 2.45) is 0 Å². The molecule has 0 heterocycles. The fourth-order valence-electron chi connectivity index (χ4n) is 4.31. The first-order valence-electron chi connectivity index (χ1n) is 13.4. The Kier molecular flexibility index (Phi) is 11.9. The second-order valence-electron chi connectivity index (χ2n) is 9.16. The van der Waals surface area contributed by atoms with Crippen LogP contribution in [-0.2, 0) is 26.2 Å². The van der Waals surface area contributed by atoms with E-state index in [1.54, 1.807) is 74.5 Å². The molecule has 11 heteroatoms. The second kappa shape index (κ2) is 15.1. The predicted molar refractivity (Wildman–Crippen MR) is 163 cm³/mol. The molecule has 0 aliphatic carbocycles. The fourth-order valence-corrected chi connectivity index (χ4v) is 6.28. The summed E-state index contributed by atoms with van der Waals surface area (Å²) in [5.74, 6) is -0.654. The first kappa shape index (κ1) is 32.2. The van der Waals surface area contributed by atoms with Crippen LogP contribution in [0.3, 0.4) is 0 Å². The highest BCUT2D eigenvalue weighted by molar-refractivity contribution is 7.92. The molecular weight excluding hydrogens is 585 g/mol. The number of nitrogens with zero attached hydrogens (tertiary/aromatic N) is 2. The van der Waals surface area contributed by atoms with Gasteiger partial charge >= 0.3 is 0 Å². The van der Waals surface area contributed by atoms with Gasteiger partial charge in [-0.15, -0.1) is 0 Å². The van der Waals surface area contributed by atoms with Crippen LogP contribution in [0.4, 0.5) is 5.69 Å². The van der Waals surface area contributed by atoms with Gasteiger partial charge in [-0.1, -0.05) is 73.4 Å². The molecular formula is C30H35Cl2N3O5S. The summed E-state index contributed by atoms with van der Waals surface area (Å²) in [4.78, 5) is 28.8. The monoisotopic (exact) mass is 619 g/mol. The Hall–Kier alpha value is -3.27. The summed E-state index contributed by atoms with van der Waals surface area (Å²) in [6.45, 7) is 5.52. The molecule has 8 nitrogen and oxygen atoms in total. The Labute approximate surface area is 252 Å². The van der Waals surface area contributed by atoms with Crippen molar-refractivity contribution in [1.82, 2.24) is 10.2 Å². The molecule has 1 N–H and O–H groups in total. The molecule has 3 aromatic carbocycles. The number of nitrogens with one attached hydrogen (secondary N) is 1. The van der Waals surface area contributed by atoms with Gasteiger partial charge in [0.25, 0.3) is 10.0 Å². The van der Waals surface area contributed by atoms with Gasteiger partial charge in [0.15, 0.2) is 0 Å². The first-order chi connectivity index (χ1) is 19.6. The normalized spacial score (nSPS) is 11.9. The van der Waals surface area contributed by atoms with Crippen molar-refractivity contribution >= 4 is 50.7 Å². The Bertz CT molecular complexity index is 1420. The van der Waals surface area contributed by atoms with Gasteiger partial charge in [-0.3, -0.25) is 13.9 Å². The van der Waals surface area contributed by atoms with Crippen LogP contribution in [0.1, 0.15) is 39.2 Å². The number of anilines is 1. The number of rotatable bonds is 14. The average molecular weight is 621 g/mol. The Morgan fingerprint density at radius 3 is 2.15 bits per heavy atom. The Morgan fingerprint density at radius 2 is 1.54 bits per heavy atom. The van der Waals surface area contributed by atoms with Crippen molar-refractivity contribution in [3.63, 3.8) is 0 Å². The van der Waals surface area contributed by atoms with E-state index in [1.807, 2.05) is 6.92 Å². The fraction of sp³-hybridized carbons (Fsp3) is 0.333. The lowest BCUT2D eigenvalue weighted by Gasteiger charge is -2.34. The van der Waals surface area contributed by atoms with E-state index in [9.17, 15) is 18.0 Å². The van der Waals surface area contributed by atoms with Crippen LogP contribution in [0.5, 0.6) is 5.75 Å². The van der Waals surface area contributed by atoms with Crippen molar-refractivity contribution in [2.75, 3.05) is 24.0 Å². The second-order valence-corrected chi connectivity index (χ2v) is 11.8. The van der Waals surface area contributed by atoms with Crippen molar-refractivity contribution < 1.29 is 22.7 Å². The Balaban J connectivity index is 2.13. The molecule has 0 fully saturated rings. The number of hydrogen-bond acceptors (Lipinski definition) is 5. The number of para-hydroxylation sites is 2. The van der Waals surface area contributed by atoms with Crippen molar-refractivity contribution in [1.29, 1.82) is 0 Å². The number of carbonyl (C=O) groups excluding carboxylic acids is 2. The summed E-state index contributed by atoms with van der Waals surface area (Å²) in [5.41, 5.74) is 0.656. The molecule has 3 aromatic rings. The van der Waals surface area contributed by atoms with E-state index in [4.69, 9.17) is 27.9 Å². The molecule has 0 unspecified atom stereocenters. The summed E-state index contributed by atoms with van der Waals surface area (Å²) in [7, 11) is -4.23. The maximum absolute atomic E-state index is 14.2. The number of sulfonamides is 1. The maximum atomic E-state index is 14.2. The van der Waals surface area contributed by atoms with Gasteiger partial charge in [0, 0.05) is 28.7 Å². The van der Waals surface area contributed by atoms with Gasteiger partial charge < -0.3 is 15.0 Å². The predicted octanol–water partition coefficient (Wildman–Crippen LogP) is 5.92. The number of carbonyl (C=O) groups is 2. The van der Waals surface area contributed by atoms with Crippen LogP contribution in [0, 0.1) is 0 Å². The number of hydrogen-bond donors (Lipinski definition) is 1. The molecule has 3 rings (SSSR count). The van der Waals surface area contributed by atoms with E-state index < -0.39 is 28.5 Å². The lowest BCUT2D eigenvalue weighted by molar-refractivity contribution is -0.140. The molecule has 0 radical (unpaired) electrons. The lowest BCUT2D eigenvalue weighted by Crippen LogP contribution is -2.52. The topological polar surface area (TPSA) is 96.0 Å². The zero-order valence-electron chi connectivity index (χ0n) is 23.3. The summed E-state index contributed by atoms with van der Waals surface area (Å²) in [6.07, 6.45) is 0.994. The van der Waals surface area contributed by atoms with Gasteiger partial charge in [0.1, 0.15) is 18.3 Å². The van der Waals surface area contributed by atoms with Crippen LogP contribution >= 0.6 is 23.2 Å². The van der Waals surface area contributed by atoms with Crippen LogP contribution in [0.2, 0.25) is 10.0 Å². The molecule has 0 bridgehead atoms. The summed E-state index contributed by atoms with van der Waals surface area (Å²) < 4.78 is 34.8. The molecule has 220 valence electrons. The quantitative estimate of drug-likeness (QED) is 0.242. The highest BCUT2D eigenvalue weighted by atomic mass is 35.5. The van der Waals surface area contributed by atoms with E-state index in [1.165, 1.54) is 17.0 Å². The molecule has 0 aliphatic rings. The summed E-state index contributed by atoms with van der Waals surface area (Å²) in [6, 6.07) is 18.6. The van der Waals surface area contributed by atoms with E-state index >= 15 is 0 Å². The first-order valence-corrected chi connectivity index (χ1v) is 15.6. The van der Waals surface area contributed by atoms with Crippen LogP contribution in [-0.4, -0.2) is 50.9 Å². The third-order valence-electron chi connectivity index (χ3n) is 6.37. The third-order valence-corrected chi connectivity index (χ3v) is 8.85. The van der Waals surface area contributed by atoms with Gasteiger partial charge in [0.05, 0.1) is 17.2 Å². The van der Waals surface area contributed by atoms with Crippen LogP contribution < -0.4 is 14.4 Å². The van der Waals surface area contributed by atoms with E-state index in [0.717, 1.165) is 4.31 Å². The number of halogens is 2. The van der Waals surface area contributed by atoms with E-state index in [2.05, 4.69) is 5.32 Å². The van der Waals surface area contributed by atoms with Gasteiger partial charge in [-0.2, -0.15) is 0 Å². The number of ether oxygens (including phenoxy) is 1. The molecule has 0 saturated heterocycles. The highest BCUT2D eigenvalue weighted by Gasteiger charge is 2.35. The van der Waals surface area contributed by atoms with Gasteiger partial charge in [0.2, 0.25) is 11.8 Å². The SMILES string of the molecule is CCCNC(=O)[C@@H](CC)N(Cc1c(Cl)cccc1Cl)C(=O)CN(c1ccccc1OCC)S(=O)(=O)c1ccccc1. The molecule has 1 atom stereocenters. The Morgan fingerprint density at radius 1 is 0.902 bits per heavy atom. The van der Waals surface area contributed by atoms with Gasteiger partial charge in [-0.05, 0) is 56.2 Å². The minimum Gasteiger partial charge on any atom is -0.492 e. The summed E-state index contributed by atoms with van der Waals surface area (Å²) in [5, 5.41) is 3.51. The zero-order chi connectivity index (χ0) is 30.0. The smallest absolute Gasteiger partial charge is 0.264 e. The van der Waals surface area contributed by atoms with Crippen molar-refractivity contribution in [2.45, 2.75) is 51.1 Å². The molecule has 0 aliphatic heterocycles. The summed E-state index contributed by atoms with van der Waals surface area (Å²) >= 11 is 12.9. The highest BCUT2D eigenvalue weighted by Crippen LogP contribution is 2.33. The molecule has 0 saturated carbocycles. The average Bonchev–Trinajstić information content (AvgIpc) is 2.97. The van der Waals surface area contributed by atoms with Crippen LogP contribution in [0.25, 0.3) is 0 Å². The largest absolute Gasteiger partial charge is 0.492 e. The third kappa shape index (κ3) is 7.93. The molecule has 2 amide bonds.